The van der Waals surface area contributed by atoms with E-state index in [1.54, 1.807) is 33.8 Å². The minimum absolute atomic E-state index is 0.0898. The largest absolute Gasteiger partial charge is 0.390 e. The fourth-order valence-electron chi connectivity index (χ4n) is 2.60. The molecule has 2 aromatic carbocycles. The van der Waals surface area contributed by atoms with E-state index in [0.29, 0.717) is 17.7 Å². The standard InChI is InChI=1S/C10H8FIN2O.C10H6FIN2O/c2*11-7-1-2-10(9(12)3-7)14-6-13-4-8(14)5-15/h1-4,6,15H,5H2;1-6H. The van der Waals surface area contributed by atoms with Crippen LogP contribution < -0.4 is 0 Å². The van der Waals surface area contributed by atoms with Gasteiger partial charge in [0.25, 0.3) is 0 Å². The zero-order valence-corrected chi connectivity index (χ0v) is 19.5. The summed E-state index contributed by atoms with van der Waals surface area (Å²) in [5.41, 5.74) is 2.69. The molecule has 4 rings (SSSR count). The average molecular weight is 634 g/mol. The lowest BCUT2D eigenvalue weighted by atomic mass is 10.3. The van der Waals surface area contributed by atoms with E-state index in [0.717, 1.165) is 18.5 Å². The normalized spacial score (nSPS) is 10.4. The van der Waals surface area contributed by atoms with Gasteiger partial charge in [0.1, 0.15) is 17.3 Å². The number of nitrogens with zero attached hydrogens (tertiary/aromatic N) is 4. The van der Waals surface area contributed by atoms with Crippen LogP contribution in [0.4, 0.5) is 8.78 Å². The molecule has 0 spiro atoms. The number of hydrogen-bond donors (Lipinski definition) is 1. The summed E-state index contributed by atoms with van der Waals surface area (Å²) in [5, 5.41) is 9.08. The maximum atomic E-state index is 12.9. The molecule has 0 atom stereocenters. The summed E-state index contributed by atoms with van der Waals surface area (Å²) in [6, 6.07) is 8.87. The monoisotopic (exact) mass is 634 g/mol. The number of carbonyl (C=O) groups excluding carboxylic acids is 1. The van der Waals surface area contributed by atoms with Crippen molar-refractivity contribution in [3.63, 3.8) is 0 Å². The van der Waals surface area contributed by atoms with Gasteiger partial charge in [-0.05, 0) is 81.6 Å². The summed E-state index contributed by atoms with van der Waals surface area (Å²) in [7, 11) is 0. The minimum atomic E-state index is -0.295. The Morgan fingerprint density at radius 3 is 1.97 bits per heavy atom. The van der Waals surface area contributed by atoms with Gasteiger partial charge in [-0.1, -0.05) is 0 Å². The number of carbonyl (C=O) groups is 1. The molecule has 0 aliphatic heterocycles. The third-order valence-corrected chi connectivity index (χ3v) is 5.73. The third kappa shape index (κ3) is 5.10. The average Bonchev–Trinajstić information content (AvgIpc) is 3.37. The van der Waals surface area contributed by atoms with E-state index in [-0.39, 0.29) is 18.2 Å². The van der Waals surface area contributed by atoms with Gasteiger partial charge >= 0.3 is 0 Å². The lowest BCUT2D eigenvalue weighted by Crippen LogP contribution is -2.01. The molecule has 154 valence electrons. The first-order chi connectivity index (χ1) is 14.4. The lowest BCUT2D eigenvalue weighted by molar-refractivity contribution is 0.111. The molecule has 30 heavy (non-hydrogen) atoms. The van der Waals surface area contributed by atoms with Gasteiger partial charge in [-0.2, -0.15) is 0 Å². The Labute approximate surface area is 197 Å². The maximum Gasteiger partial charge on any atom is 0.168 e. The van der Waals surface area contributed by atoms with Crippen molar-refractivity contribution in [2.45, 2.75) is 6.61 Å². The first kappa shape index (κ1) is 22.5. The fraction of sp³-hybridized carbons (Fsp3) is 0.0500. The Bertz CT molecular complexity index is 1180. The summed E-state index contributed by atoms with van der Waals surface area (Å²) in [6.07, 6.45) is 6.89. The molecule has 0 radical (unpaired) electrons. The summed E-state index contributed by atoms with van der Waals surface area (Å²) >= 11 is 4.07. The minimum Gasteiger partial charge on any atom is -0.390 e. The summed E-state index contributed by atoms with van der Waals surface area (Å²) in [4.78, 5) is 18.5. The van der Waals surface area contributed by atoms with Gasteiger partial charge in [-0.15, -0.1) is 0 Å². The topological polar surface area (TPSA) is 72.9 Å². The van der Waals surface area contributed by atoms with Crippen LogP contribution in [0.5, 0.6) is 0 Å². The number of aliphatic hydroxyl groups is 1. The second kappa shape index (κ2) is 10.2. The number of aliphatic hydroxyl groups excluding tert-OH is 1. The number of hydrogen-bond acceptors (Lipinski definition) is 4. The molecule has 1 N–H and O–H groups in total. The fourth-order valence-corrected chi connectivity index (χ4v) is 4.08. The molecule has 10 heteroatoms. The molecule has 4 aromatic rings. The van der Waals surface area contributed by atoms with Gasteiger partial charge in [0.15, 0.2) is 6.29 Å². The van der Waals surface area contributed by atoms with Crippen molar-refractivity contribution < 1.29 is 18.7 Å². The number of imidazole rings is 2. The summed E-state index contributed by atoms with van der Waals surface area (Å²) in [5.74, 6) is -0.565. The van der Waals surface area contributed by atoms with Gasteiger partial charge in [0.05, 0.1) is 48.7 Å². The van der Waals surface area contributed by atoms with E-state index < -0.39 is 0 Å². The molecule has 0 fully saturated rings. The van der Waals surface area contributed by atoms with Crippen LogP contribution in [-0.4, -0.2) is 30.5 Å². The Morgan fingerprint density at radius 1 is 0.900 bits per heavy atom. The zero-order valence-electron chi connectivity index (χ0n) is 15.2. The van der Waals surface area contributed by atoms with E-state index >= 15 is 0 Å². The summed E-state index contributed by atoms with van der Waals surface area (Å²) < 4.78 is 30.6. The van der Waals surface area contributed by atoms with Crippen molar-refractivity contribution in [2.24, 2.45) is 0 Å². The van der Waals surface area contributed by atoms with E-state index in [1.807, 2.05) is 45.2 Å². The molecular weight excluding hydrogens is 620 g/mol. The van der Waals surface area contributed by atoms with Gasteiger partial charge < -0.3 is 5.11 Å². The van der Waals surface area contributed by atoms with Crippen LogP contribution >= 0.6 is 45.2 Å². The number of aldehydes is 1. The molecule has 6 nitrogen and oxygen atoms in total. The van der Waals surface area contributed by atoms with Gasteiger partial charge in [-0.25, -0.2) is 18.7 Å². The molecule has 2 aromatic heterocycles. The van der Waals surface area contributed by atoms with Crippen molar-refractivity contribution in [3.05, 3.63) is 91.6 Å². The molecule has 2 heterocycles. The molecule has 0 saturated carbocycles. The molecule has 0 aliphatic rings. The SMILES string of the molecule is O=Cc1cncn1-c1ccc(F)cc1I.OCc1cncn1-c1ccc(F)cc1I. The van der Waals surface area contributed by atoms with Gasteiger partial charge in [-0.3, -0.25) is 13.9 Å². The summed E-state index contributed by atoms with van der Waals surface area (Å²) in [6.45, 7) is -0.0898. The van der Waals surface area contributed by atoms with E-state index in [1.165, 1.54) is 36.8 Å². The molecule has 0 amide bonds. The van der Waals surface area contributed by atoms with Crippen molar-refractivity contribution in [1.82, 2.24) is 19.1 Å². The number of rotatable bonds is 4. The van der Waals surface area contributed by atoms with Crippen LogP contribution in [0, 0.1) is 18.8 Å². The van der Waals surface area contributed by atoms with E-state index in [2.05, 4.69) is 9.97 Å². The number of aromatic nitrogens is 4. The smallest absolute Gasteiger partial charge is 0.168 e. The van der Waals surface area contributed by atoms with Crippen LogP contribution in [0.1, 0.15) is 16.2 Å². The van der Waals surface area contributed by atoms with Crippen LogP contribution in [0.2, 0.25) is 0 Å². The molecule has 0 saturated heterocycles. The van der Waals surface area contributed by atoms with Crippen LogP contribution in [0.3, 0.4) is 0 Å². The first-order valence-corrected chi connectivity index (χ1v) is 10.6. The zero-order chi connectivity index (χ0) is 21.7. The Morgan fingerprint density at radius 2 is 1.43 bits per heavy atom. The van der Waals surface area contributed by atoms with Gasteiger partial charge in [0, 0.05) is 7.14 Å². The maximum absolute atomic E-state index is 12.9. The second-order valence-corrected chi connectivity index (χ2v) is 8.24. The predicted molar refractivity (Wildman–Crippen MR) is 124 cm³/mol. The van der Waals surface area contributed by atoms with Crippen LogP contribution in [-0.2, 0) is 6.61 Å². The van der Waals surface area contributed by atoms with E-state index in [9.17, 15) is 13.6 Å². The lowest BCUT2D eigenvalue weighted by Gasteiger charge is -2.08. The molecule has 0 unspecified atom stereocenters. The van der Waals surface area contributed by atoms with Crippen molar-refractivity contribution in [1.29, 1.82) is 0 Å². The highest BCUT2D eigenvalue weighted by Crippen LogP contribution is 2.20. The number of halogens is 4. The highest BCUT2D eigenvalue weighted by atomic mass is 127. The second-order valence-electron chi connectivity index (χ2n) is 5.91. The van der Waals surface area contributed by atoms with Gasteiger partial charge in [0.2, 0.25) is 0 Å². The number of benzene rings is 2. The van der Waals surface area contributed by atoms with Crippen LogP contribution in [0.25, 0.3) is 11.4 Å². The van der Waals surface area contributed by atoms with E-state index in [4.69, 9.17) is 5.11 Å². The third-order valence-electron chi connectivity index (χ3n) is 4.00. The quantitative estimate of drug-likeness (QED) is 0.265. The Hall–Kier alpha value is -2.19. The Kier molecular flexibility index (Phi) is 7.66. The van der Waals surface area contributed by atoms with Crippen molar-refractivity contribution >= 4 is 51.5 Å². The Balaban J connectivity index is 0.000000171. The van der Waals surface area contributed by atoms with Crippen molar-refractivity contribution in [2.75, 3.05) is 0 Å². The van der Waals surface area contributed by atoms with Crippen LogP contribution in [0.15, 0.2) is 61.4 Å². The molecule has 0 bridgehead atoms. The molecule has 0 aliphatic carbocycles. The highest BCUT2D eigenvalue weighted by Gasteiger charge is 2.08. The molecular formula is C20H14F2I2N4O2. The highest BCUT2D eigenvalue weighted by molar-refractivity contribution is 14.1. The van der Waals surface area contributed by atoms with Crippen molar-refractivity contribution in [3.8, 4) is 11.4 Å². The predicted octanol–water partition coefficient (Wildman–Crippen LogP) is 4.54. The first-order valence-electron chi connectivity index (χ1n) is 8.45.